The molecule has 5 heteroatoms. The second-order valence-corrected chi connectivity index (χ2v) is 4.50. The molecule has 0 unspecified atom stereocenters. The molecular weight excluding hydrogens is 266 g/mol. The van der Waals surface area contributed by atoms with Crippen LogP contribution in [0.25, 0.3) is 12.2 Å². The first-order valence-corrected chi connectivity index (χ1v) is 6.43. The summed E-state index contributed by atoms with van der Waals surface area (Å²) in [5, 5.41) is 13.6. The van der Waals surface area contributed by atoms with Crippen molar-refractivity contribution in [2.24, 2.45) is 0 Å². The number of nitrogens with one attached hydrogen (secondary N) is 1. The van der Waals surface area contributed by atoms with E-state index in [1.54, 1.807) is 24.4 Å². The quantitative estimate of drug-likeness (QED) is 0.774. The van der Waals surface area contributed by atoms with Crippen LogP contribution in [0.15, 0.2) is 54.9 Å². The maximum atomic E-state index is 12.2. The summed E-state index contributed by atoms with van der Waals surface area (Å²) >= 11 is 0. The lowest BCUT2D eigenvalue weighted by molar-refractivity contribution is 0.0944. The van der Waals surface area contributed by atoms with Crippen molar-refractivity contribution in [3.05, 3.63) is 71.8 Å². The van der Waals surface area contributed by atoms with Crippen molar-refractivity contribution in [1.82, 2.24) is 14.8 Å². The first kappa shape index (κ1) is 12.9. The molecule has 0 bridgehead atoms. The molecule has 104 valence electrons. The van der Waals surface area contributed by atoms with Crippen LogP contribution in [-0.4, -0.2) is 25.8 Å². The van der Waals surface area contributed by atoms with Crippen molar-refractivity contribution in [3.8, 4) is 5.75 Å². The van der Waals surface area contributed by atoms with E-state index in [-0.39, 0.29) is 11.7 Å². The van der Waals surface area contributed by atoms with Crippen LogP contribution < -0.4 is 0 Å². The highest BCUT2D eigenvalue weighted by atomic mass is 16.3. The molecule has 5 nitrogen and oxygen atoms in total. The first-order valence-electron chi connectivity index (χ1n) is 6.43. The van der Waals surface area contributed by atoms with Gasteiger partial charge in [0.05, 0.1) is 5.69 Å². The molecule has 0 saturated heterocycles. The highest BCUT2D eigenvalue weighted by Crippen LogP contribution is 2.12. The van der Waals surface area contributed by atoms with Gasteiger partial charge < -0.3 is 10.1 Å². The van der Waals surface area contributed by atoms with Gasteiger partial charge in [-0.05, 0) is 48.6 Å². The van der Waals surface area contributed by atoms with Gasteiger partial charge in [-0.3, -0.25) is 4.79 Å². The van der Waals surface area contributed by atoms with E-state index in [1.165, 1.54) is 16.8 Å². The lowest BCUT2D eigenvalue weighted by Gasteiger charge is -2.00. The van der Waals surface area contributed by atoms with Gasteiger partial charge >= 0.3 is 0 Å². The van der Waals surface area contributed by atoms with E-state index in [9.17, 15) is 9.90 Å². The second-order valence-electron chi connectivity index (χ2n) is 4.50. The molecule has 0 fully saturated rings. The zero-order chi connectivity index (χ0) is 14.7. The topological polar surface area (TPSA) is 70.9 Å². The number of nitrogens with zero attached hydrogens (tertiary/aromatic N) is 2. The summed E-state index contributed by atoms with van der Waals surface area (Å²) in [4.78, 5) is 15.3. The van der Waals surface area contributed by atoms with Crippen molar-refractivity contribution in [2.45, 2.75) is 0 Å². The Morgan fingerprint density at radius 3 is 2.86 bits per heavy atom. The van der Waals surface area contributed by atoms with E-state index in [0.717, 1.165) is 5.69 Å². The number of phenols is 1. The average molecular weight is 279 g/mol. The maximum Gasteiger partial charge on any atom is 0.278 e. The molecule has 0 radical (unpaired) electrons. The van der Waals surface area contributed by atoms with E-state index in [1.807, 2.05) is 30.5 Å². The van der Waals surface area contributed by atoms with Crippen LogP contribution in [0.5, 0.6) is 5.75 Å². The largest absolute Gasteiger partial charge is 0.508 e. The molecular formula is C16H13N3O2. The van der Waals surface area contributed by atoms with Gasteiger partial charge in [0, 0.05) is 23.7 Å². The fraction of sp³-hybridized carbons (Fsp3) is 0. The van der Waals surface area contributed by atoms with Crippen LogP contribution in [0.3, 0.4) is 0 Å². The third kappa shape index (κ3) is 2.92. The molecule has 2 heterocycles. The van der Waals surface area contributed by atoms with Gasteiger partial charge in [-0.25, -0.2) is 4.68 Å². The third-order valence-corrected chi connectivity index (χ3v) is 2.97. The van der Waals surface area contributed by atoms with E-state index in [0.29, 0.717) is 11.3 Å². The maximum absolute atomic E-state index is 12.2. The Balaban J connectivity index is 1.80. The molecule has 0 aliphatic heterocycles. The number of H-pyrrole nitrogens is 1. The summed E-state index contributed by atoms with van der Waals surface area (Å²) in [6.45, 7) is 0. The number of carbonyl (C=O) groups excluding carboxylic acids is 1. The van der Waals surface area contributed by atoms with Crippen LogP contribution in [0, 0.1) is 0 Å². The van der Waals surface area contributed by atoms with Gasteiger partial charge in [0.1, 0.15) is 5.75 Å². The minimum atomic E-state index is -0.287. The molecule has 0 aliphatic rings. The van der Waals surface area contributed by atoms with Crippen molar-refractivity contribution >= 4 is 18.1 Å². The first-order chi connectivity index (χ1) is 10.2. The van der Waals surface area contributed by atoms with Crippen molar-refractivity contribution in [2.75, 3.05) is 0 Å². The van der Waals surface area contributed by atoms with Crippen molar-refractivity contribution in [1.29, 1.82) is 0 Å². The minimum Gasteiger partial charge on any atom is -0.508 e. The summed E-state index contributed by atoms with van der Waals surface area (Å²) in [6, 6.07) is 11.8. The molecule has 0 saturated carbocycles. The van der Waals surface area contributed by atoms with E-state index >= 15 is 0 Å². The van der Waals surface area contributed by atoms with Gasteiger partial charge in [-0.2, -0.15) is 5.10 Å². The summed E-state index contributed by atoms with van der Waals surface area (Å²) in [7, 11) is 0. The molecule has 1 aromatic carbocycles. The summed E-state index contributed by atoms with van der Waals surface area (Å²) in [6.07, 6.45) is 7.13. The van der Waals surface area contributed by atoms with Crippen molar-refractivity contribution < 1.29 is 9.90 Å². The average Bonchev–Trinajstić information content (AvgIpc) is 3.16. The molecule has 0 amide bonds. The number of aromatic hydroxyl groups is 1. The van der Waals surface area contributed by atoms with Crippen molar-refractivity contribution in [3.63, 3.8) is 0 Å². The van der Waals surface area contributed by atoms with Gasteiger partial charge in [-0.1, -0.05) is 6.07 Å². The number of phenolic OH excluding ortho intramolecular Hbond substituents is 1. The highest BCUT2D eigenvalue weighted by Gasteiger charge is 2.09. The Morgan fingerprint density at radius 2 is 2.10 bits per heavy atom. The molecule has 21 heavy (non-hydrogen) atoms. The van der Waals surface area contributed by atoms with E-state index < -0.39 is 0 Å². The van der Waals surface area contributed by atoms with E-state index in [2.05, 4.69) is 10.1 Å². The number of carbonyl (C=O) groups is 1. The predicted octanol–water partition coefficient (Wildman–Crippen LogP) is 2.78. The zero-order valence-corrected chi connectivity index (χ0v) is 11.1. The Hall–Kier alpha value is -3.08. The zero-order valence-electron chi connectivity index (χ0n) is 11.1. The molecule has 2 N–H and O–H groups in total. The fourth-order valence-corrected chi connectivity index (χ4v) is 1.93. The number of benzene rings is 1. The lowest BCUT2D eigenvalue weighted by Crippen LogP contribution is -2.12. The monoisotopic (exact) mass is 279 g/mol. The Kier molecular flexibility index (Phi) is 3.39. The Labute approximate surface area is 121 Å². The smallest absolute Gasteiger partial charge is 0.278 e. The second kappa shape index (κ2) is 5.50. The van der Waals surface area contributed by atoms with E-state index in [4.69, 9.17) is 0 Å². The summed E-state index contributed by atoms with van der Waals surface area (Å²) in [5.74, 6) is -0.231. The van der Waals surface area contributed by atoms with Crippen LogP contribution in [0.4, 0.5) is 0 Å². The van der Waals surface area contributed by atoms with Crippen LogP contribution in [-0.2, 0) is 0 Å². The molecule has 2 aromatic heterocycles. The normalized spacial score (nSPS) is 11.0. The fourth-order valence-electron chi connectivity index (χ4n) is 1.93. The van der Waals surface area contributed by atoms with Crippen LogP contribution in [0.1, 0.15) is 21.7 Å². The third-order valence-electron chi connectivity index (χ3n) is 2.97. The van der Waals surface area contributed by atoms with Gasteiger partial charge in [-0.15, -0.1) is 0 Å². The standard InChI is InChI=1S/C16H13N3O2/c20-15-5-1-3-12(11-15)16(21)19-10-8-14(18-19)7-6-13-4-2-9-17-13/h1-11,17,20H. The number of hydrogen-bond acceptors (Lipinski definition) is 3. The SMILES string of the molecule is O=C(c1cccc(O)c1)n1ccc(C=Cc2ccc[nH]2)n1. The predicted molar refractivity (Wildman–Crippen MR) is 79.8 cm³/mol. The van der Waals surface area contributed by atoms with Crippen LogP contribution in [0.2, 0.25) is 0 Å². The number of aromatic nitrogens is 3. The van der Waals surface area contributed by atoms with Gasteiger partial charge in [0.25, 0.3) is 5.91 Å². The Morgan fingerprint density at radius 1 is 1.19 bits per heavy atom. The molecule has 0 atom stereocenters. The molecule has 3 aromatic rings. The number of rotatable bonds is 3. The number of aromatic amines is 1. The lowest BCUT2D eigenvalue weighted by atomic mass is 10.2. The summed E-state index contributed by atoms with van der Waals surface area (Å²) < 4.78 is 1.25. The Bertz CT molecular complexity index is 785. The van der Waals surface area contributed by atoms with Gasteiger partial charge in [0.2, 0.25) is 0 Å². The van der Waals surface area contributed by atoms with Crippen LogP contribution >= 0.6 is 0 Å². The van der Waals surface area contributed by atoms with Gasteiger partial charge in [0.15, 0.2) is 0 Å². The summed E-state index contributed by atoms with van der Waals surface area (Å²) in [5.41, 5.74) is 2.03. The highest BCUT2D eigenvalue weighted by molar-refractivity contribution is 5.95. The minimum absolute atomic E-state index is 0.0554. The number of hydrogen-bond donors (Lipinski definition) is 2. The molecule has 3 rings (SSSR count). The molecule has 0 aliphatic carbocycles. The molecule has 0 spiro atoms.